The third-order valence-corrected chi connectivity index (χ3v) is 7.63. The van der Waals surface area contributed by atoms with Crippen LogP contribution in [0.2, 0.25) is 0 Å². The van der Waals surface area contributed by atoms with Gasteiger partial charge in [-0.15, -0.1) is 0 Å². The lowest BCUT2D eigenvalue weighted by molar-refractivity contribution is 0.513. The van der Waals surface area contributed by atoms with E-state index in [9.17, 15) is 8.78 Å². The Bertz CT molecular complexity index is 1600. The summed E-state index contributed by atoms with van der Waals surface area (Å²) >= 11 is 0. The van der Waals surface area contributed by atoms with Crippen molar-refractivity contribution in [3.63, 3.8) is 0 Å². The van der Waals surface area contributed by atoms with Crippen LogP contribution in [0.25, 0.3) is 33.2 Å². The Balaban J connectivity index is 1.09. The quantitative estimate of drug-likeness (QED) is 0.310. The second kappa shape index (κ2) is 8.57. The fourth-order valence-electron chi connectivity index (χ4n) is 5.66. The standard InChI is InChI=1S/C29H28F2N6/c1-35-27-17-22(6-9-24(27)28(34-35)18-14-19(30)16-20(31)15-18)32-21-10-12-36(13-11-21)29-33-25-4-2-3-5-26(25)37(29)23-7-8-23/h2-6,9,14-17,21,23,32H,7-8,10-13H2,1H3. The first kappa shape index (κ1) is 22.3. The van der Waals surface area contributed by atoms with Gasteiger partial charge >= 0.3 is 0 Å². The summed E-state index contributed by atoms with van der Waals surface area (Å²) in [6, 6.07) is 19.0. The van der Waals surface area contributed by atoms with Gasteiger partial charge in [-0.05, 0) is 68.1 Å². The van der Waals surface area contributed by atoms with Crippen LogP contribution < -0.4 is 10.2 Å². The minimum Gasteiger partial charge on any atom is -0.382 e. The lowest BCUT2D eigenvalue weighted by atomic mass is 10.0. The summed E-state index contributed by atoms with van der Waals surface area (Å²) in [5, 5.41) is 9.13. The monoisotopic (exact) mass is 498 g/mol. The molecule has 1 N–H and O–H groups in total. The van der Waals surface area contributed by atoms with E-state index in [2.05, 4.69) is 50.2 Å². The molecule has 0 amide bonds. The fourth-order valence-corrected chi connectivity index (χ4v) is 5.66. The first-order valence-electron chi connectivity index (χ1n) is 13.0. The number of halogens is 2. The van der Waals surface area contributed by atoms with E-state index in [1.165, 1.54) is 30.5 Å². The molecule has 1 saturated carbocycles. The summed E-state index contributed by atoms with van der Waals surface area (Å²) in [5.41, 5.74) is 5.28. The van der Waals surface area contributed by atoms with E-state index in [0.717, 1.165) is 60.1 Å². The van der Waals surface area contributed by atoms with Crippen LogP contribution in [0.4, 0.5) is 20.4 Å². The van der Waals surface area contributed by atoms with Gasteiger partial charge in [-0.25, -0.2) is 13.8 Å². The van der Waals surface area contributed by atoms with E-state index in [0.29, 0.717) is 23.3 Å². The number of rotatable bonds is 5. The van der Waals surface area contributed by atoms with Crippen molar-refractivity contribution >= 4 is 33.6 Å². The average molecular weight is 499 g/mol. The van der Waals surface area contributed by atoms with Gasteiger partial charge in [-0.2, -0.15) is 5.10 Å². The summed E-state index contributed by atoms with van der Waals surface area (Å²) in [6.45, 7) is 1.91. The maximum absolute atomic E-state index is 13.8. The molecule has 37 heavy (non-hydrogen) atoms. The van der Waals surface area contributed by atoms with Gasteiger partial charge < -0.3 is 14.8 Å². The Hall–Kier alpha value is -3.94. The zero-order valence-corrected chi connectivity index (χ0v) is 20.7. The Morgan fingerprint density at radius 3 is 2.38 bits per heavy atom. The van der Waals surface area contributed by atoms with E-state index in [4.69, 9.17) is 4.98 Å². The number of para-hydroxylation sites is 2. The van der Waals surface area contributed by atoms with Crippen molar-refractivity contribution in [3.05, 3.63) is 72.3 Å². The lowest BCUT2D eigenvalue weighted by Gasteiger charge is -2.34. The van der Waals surface area contributed by atoms with Crippen LogP contribution in [0, 0.1) is 11.6 Å². The highest BCUT2D eigenvalue weighted by Gasteiger charge is 2.31. The number of anilines is 2. The summed E-state index contributed by atoms with van der Waals surface area (Å²) in [6.07, 6.45) is 4.51. The van der Waals surface area contributed by atoms with Crippen LogP contribution in [0.1, 0.15) is 31.7 Å². The molecule has 3 aromatic carbocycles. The number of hydrogen-bond donors (Lipinski definition) is 1. The largest absolute Gasteiger partial charge is 0.382 e. The zero-order valence-electron chi connectivity index (χ0n) is 20.7. The molecule has 188 valence electrons. The summed E-state index contributed by atoms with van der Waals surface area (Å²) < 4.78 is 31.8. The van der Waals surface area contributed by atoms with Crippen LogP contribution >= 0.6 is 0 Å². The molecule has 5 aromatic rings. The predicted molar refractivity (Wildman–Crippen MR) is 143 cm³/mol. The highest BCUT2D eigenvalue weighted by atomic mass is 19.1. The minimum absolute atomic E-state index is 0.359. The number of nitrogens with zero attached hydrogens (tertiary/aromatic N) is 5. The smallest absolute Gasteiger partial charge is 0.206 e. The normalized spacial score (nSPS) is 16.7. The van der Waals surface area contributed by atoms with Gasteiger partial charge in [-0.3, -0.25) is 4.68 Å². The van der Waals surface area contributed by atoms with E-state index in [1.807, 2.05) is 19.2 Å². The van der Waals surface area contributed by atoms with Crippen molar-refractivity contribution in [3.8, 4) is 11.3 Å². The minimum atomic E-state index is -0.605. The van der Waals surface area contributed by atoms with Gasteiger partial charge in [0.15, 0.2) is 0 Å². The molecule has 1 aliphatic heterocycles. The van der Waals surface area contributed by atoms with Crippen LogP contribution in [-0.4, -0.2) is 38.5 Å². The summed E-state index contributed by atoms with van der Waals surface area (Å²) in [5.74, 6) is -0.1000. The topological polar surface area (TPSA) is 50.9 Å². The van der Waals surface area contributed by atoms with Gasteiger partial charge in [0.25, 0.3) is 0 Å². The molecule has 0 spiro atoms. The molecule has 2 aromatic heterocycles. The Labute approximate surface area is 213 Å². The van der Waals surface area contributed by atoms with E-state index in [1.54, 1.807) is 4.68 Å². The maximum atomic E-state index is 13.8. The van der Waals surface area contributed by atoms with Gasteiger partial charge in [0, 0.05) is 54.9 Å². The van der Waals surface area contributed by atoms with Gasteiger partial charge in [-0.1, -0.05) is 12.1 Å². The van der Waals surface area contributed by atoms with Crippen molar-refractivity contribution in [2.45, 2.75) is 37.8 Å². The molecule has 2 fully saturated rings. The number of hydrogen-bond acceptors (Lipinski definition) is 4. The van der Waals surface area contributed by atoms with Crippen molar-refractivity contribution < 1.29 is 8.78 Å². The predicted octanol–water partition coefficient (Wildman–Crippen LogP) is 6.28. The van der Waals surface area contributed by atoms with Crippen LogP contribution in [0.5, 0.6) is 0 Å². The molecule has 0 radical (unpaired) electrons. The average Bonchev–Trinajstić information content (AvgIpc) is 3.58. The second-order valence-corrected chi connectivity index (χ2v) is 10.3. The molecule has 0 unspecified atom stereocenters. The third kappa shape index (κ3) is 4.00. The van der Waals surface area contributed by atoms with Crippen LogP contribution in [0.3, 0.4) is 0 Å². The Kier molecular flexibility index (Phi) is 5.16. The highest BCUT2D eigenvalue weighted by Crippen LogP contribution is 2.41. The van der Waals surface area contributed by atoms with Gasteiger partial charge in [0.1, 0.15) is 17.3 Å². The highest BCUT2D eigenvalue weighted by molar-refractivity contribution is 5.95. The first-order valence-corrected chi connectivity index (χ1v) is 13.0. The second-order valence-electron chi connectivity index (χ2n) is 10.3. The number of piperidine rings is 1. The molecule has 1 aliphatic carbocycles. The van der Waals surface area contributed by atoms with Crippen molar-refractivity contribution in [1.29, 1.82) is 0 Å². The summed E-state index contributed by atoms with van der Waals surface area (Å²) in [7, 11) is 1.86. The number of aromatic nitrogens is 4. The lowest BCUT2D eigenvalue weighted by Crippen LogP contribution is -2.40. The van der Waals surface area contributed by atoms with Crippen LogP contribution in [-0.2, 0) is 7.05 Å². The van der Waals surface area contributed by atoms with Gasteiger partial charge in [0.2, 0.25) is 5.95 Å². The number of fused-ring (bicyclic) bond motifs is 2. The third-order valence-electron chi connectivity index (χ3n) is 7.63. The zero-order chi connectivity index (χ0) is 25.1. The Morgan fingerprint density at radius 2 is 1.62 bits per heavy atom. The molecule has 0 atom stereocenters. The van der Waals surface area contributed by atoms with Gasteiger partial charge in [0.05, 0.1) is 16.6 Å². The number of imidazole rings is 1. The van der Waals surface area contributed by atoms with Crippen molar-refractivity contribution in [1.82, 2.24) is 19.3 Å². The number of benzene rings is 3. The molecular formula is C29H28F2N6. The molecule has 3 heterocycles. The fraction of sp³-hybridized carbons (Fsp3) is 0.310. The molecule has 6 nitrogen and oxygen atoms in total. The van der Waals surface area contributed by atoms with Crippen LogP contribution in [0.15, 0.2) is 60.7 Å². The maximum Gasteiger partial charge on any atom is 0.206 e. The Morgan fingerprint density at radius 1 is 0.865 bits per heavy atom. The molecule has 0 bridgehead atoms. The molecule has 8 heteroatoms. The number of nitrogens with one attached hydrogen (secondary N) is 1. The number of aryl methyl sites for hydroxylation is 1. The molecular weight excluding hydrogens is 470 g/mol. The summed E-state index contributed by atoms with van der Waals surface area (Å²) in [4.78, 5) is 7.44. The molecule has 1 saturated heterocycles. The molecule has 2 aliphatic rings. The van der Waals surface area contributed by atoms with E-state index in [-0.39, 0.29) is 0 Å². The van der Waals surface area contributed by atoms with E-state index < -0.39 is 11.6 Å². The van der Waals surface area contributed by atoms with E-state index >= 15 is 0 Å². The SMILES string of the molecule is Cn1nc(-c2cc(F)cc(F)c2)c2ccc(NC3CCN(c4nc5ccccc5n4C4CC4)CC3)cc21. The van der Waals surface area contributed by atoms with Crippen molar-refractivity contribution in [2.75, 3.05) is 23.3 Å². The molecule has 7 rings (SSSR count). The van der Waals surface area contributed by atoms with Crippen molar-refractivity contribution in [2.24, 2.45) is 7.05 Å². The first-order chi connectivity index (χ1) is 18.0.